The molecule has 0 aliphatic carbocycles. The summed E-state index contributed by atoms with van der Waals surface area (Å²) in [6.07, 6.45) is 1.37. The highest BCUT2D eigenvalue weighted by atomic mass is 16.6. The molecule has 2 rings (SSSR count). The Balaban J connectivity index is 2.23. The number of nitro groups is 1. The standard InChI is InChI=1S/C14H20N2O5/c1-2-21-13-9-11(3-4-12(13)16(18)19)15-14(10-17)5-7-20-8-6-14/h3-4,9,15,17H,2,5-8,10H2,1H3. The molecular weight excluding hydrogens is 276 g/mol. The number of nitrogens with zero attached hydrogens (tertiary/aromatic N) is 1. The molecule has 0 atom stereocenters. The molecule has 1 heterocycles. The monoisotopic (exact) mass is 296 g/mol. The van der Waals surface area contributed by atoms with Gasteiger partial charge in [-0.05, 0) is 25.8 Å². The Hall–Kier alpha value is -1.86. The molecule has 116 valence electrons. The summed E-state index contributed by atoms with van der Waals surface area (Å²) in [4.78, 5) is 10.5. The summed E-state index contributed by atoms with van der Waals surface area (Å²) in [6.45, 7) is 3.27. The summed E-state index contributed by atoms with van der Waals surface area (Å²) >= 11 is 0. The number of hydrogen-bond acceptors (Lipinski definition) is 6. The molecule has 0 aromatic heterocycles. The van der Waals surface area contributed by atoms with Gasteiger partial charge in [0.25, 0.3) is 0 Å². The number of aliphatic hydroxyl groups is 1. The highest BCUT2D eigenvalue weighted by Gasteiger charge is 2.32. The predicted molar refractivity (Wildman–Crippen MR) is 77.8 cm³/mol. The van der Waals surface area contributed by atoms with Crippen LogP contribution in [0.2, 0.25) is 0 Å². The summed E-state index contributed by atoms with van der Waals surface area (Å²) in [7, 11) is 0. The summed E-state index contributed by atoms with van der Waals surface area (Å²) in [6, 6.07) is 4.65. The van der Waals surface area contributed by atoms with Gasteiger partial charge in [-0.15, -0.1) is 0 Å². The van der Waals surface area contributed by atoms with E-state index >= 15 is 0 Å². The second kappa shape index (κ2) is 6.73. The molecule has 1 aliphatic heterocycles. The van der Waals surface area contributed by atoms with E-state index in [1.54, 1.807) is 19.1 Å². The maximum Gasteiger partial charge on any atom is 0.311 e. The first-order valence-electron chi connectivity index (χ1n) is 6.98. The Morgan fingerprint density at radius 2 is 2.19 bits per heavy atom. The molecule has 0 amide bonds. The van der Waals surface area contributed by atoms with Gasteiger partial charge in [0.15, 0.2) is 5.75 Å². The lowest BCUT2D eigenvalue weighted by atomic mass is 9.90. The zero-order chi connectivity index (χ0) is 15.3. The number of aliphatic hydroxyl groups excluding tert-OH is 1. The van der Waals surface area contributed by atoms with Crippen LogP contribution >= 0.6 is 0 Å². The summed E-state index contributed by atoms with van der Waals surface area (Å²) < 4.78 is 10.6. The van der Waals surface area contributed by atoms with Crippen molar-refractivity contribution in [2.24, 2.45) is 0 Å². The number of rotatable bonds is 6. The largest absolute Gasteiger partial charge is 0.487 e. The first-order valence-corrected chi connectivity index (χ1v) is 6.98. The number of nitrogens with one attached hydrogen (secondary N) is 1. The van der Waals surface area contributed by atoms with Crippen LogP contribution in [0, 0.1) is 10.1 Å². The lowest BCUT2D eigenvalue weighted by molar-refractivity contribution is -0.385. The van der Waals surface area contributed by atoms with E-state index in [1.807, 2.05) is 0 Å². The van der Waals surface area contributed by atoms with E-state index in [0.717, 1.165) is 0 Å². The maximum absolute atomic E-state index is 11.0. The first kappa shape index (κ1) is 15.5. The van der Waals surface area contributed by atoms with Gasteiger partial charge in [0, 0.05) is 31.0 Å². The average molecular weight is 296 g/mol. The Morgan fingerprint density at radius 1 is 1.48 bits per heavy atom. The lowest BCUT2D eigenvalue weighted by Crippen LogP contribution is -2.46. The van der Waals surface area contributed by atoms with Crippen molar-refractivity contribution in [2.45, 2.75) is 25.3 Å². The molecule has 0 radical (unpaired) electrons. The van der Waals surface area contributed by atoms with Crippen molar-refractivity contribution in [2.75, 3.05) is 31.7 Å². The zero-order valence-electron chi connectivity index (χ0n) is 12.0. The predicted octanol–water partition coefficient (Wildman–Crippen LogP) is 1.95. The third-order valence-corrected chi connectivity index (χ3v) is 3.62. The van der Waals surface area contributed by atoms with Crippen LogP contribution in [0.25, 0.3) is 0 Å². The van der Waals surface area contributed by atoms with Gasteiger partial charge in [0.1, 0.15) is 0 Å². The first-order chi connectivity index (χ1) is 10.1. The number of benzene rings is 1. The third-order valence-electron chi connectivity index (χ3n) is 3.62. The second-order valence-electron chi connectivity index (χ2n) is 5.05. The van der Waals surface area contributed by atoms with Crippen molar-refractivity contribution in [1.29, 1.82) is 0 Å². The topological polar surface area (TPSA) is 93.9 Å². The summed E-state index contributed by atoms with van der Waals surface area (Å²) in [5.74, 6) is 0.229. The van der Waals surface area contributed by atoms with Gasteiger partial charge < -0.3 is 19.9 Å². The highest BCUT2D eigenvalue weighted by Crippen LogP contribution is 2.33. The van der Waals surface area contributed by atoms with Crippen LogP contribution < -0.4 is 10.1 Å². The highest BCUT2D eigenvalue weighted by molar-refractivity contribution is 5.59. The van der Waals surface area contributed by atoms with Crippen LogP contribution in [-0.2, 0) is 4.74 Å². The molecule has 0 unspecified atom stereocenters. The number of nitro benzene ring substituents is 1. The fourth-order valence-corrected chi connectivity index (χ4v) is 2.40. The van der Waals surface area contributed by atoms with E-state index in [9.17, 15) is 15.2 Å². The minimum atomic E-state index is -0.467. The SMILES string of the molecule is CCOc1cc(NC2(CO)CCOCC2)ccc1[N+](=O)[O-]. The molecule has 21 heavy (non-hydrogen) atoms. The van der Waals surface area contributed by atoms with Crippen molar-refractivity contribution in [3.63, 3.8) is 0 Å². The van der Waals surface area contributed by atoms with Crippen LogP contribution in [0.15, 0.2) is 18.2 Å². The van der Waals surface area contributed by atoms with Crippen LogP contribution in [0.4, 0.5) is 11.4 Å². The fourth-order valence-electron chi connectivity index (χ4n) is 2.40. The molecule has 2 N–H and O–H groups in total. The third kappa shape index (κ3) is 3.62. The number of ether oxygens (including phenoxy) is 2. The summed E-state index contributed by atoms with van der Waals surface area (Å²) in [5, 5.41) is 23.9. The van der Waals surface area contributed by atoms with Gasteiger partial charge in [-0.3, -0.25) is 10.1 Å². The van der Waals surface area contributed by atoms with Crippen molar-refractivity contribution in [1.82, 2.24) is 0 Å². The summed E-state index contributed by atoms with van der Waals surface area (Å²) in [5.41, 5.74) is 0.185. The van der Waals surface area contributed by atoms with E-state index in [-0.39, 0.29) is 18.0 Å². The van der Waals surface area contributed by atoms with Crippen molar-refractivity contribution in [3.05, 3.63) is 28.3 Å². The van der Waals surface area contributed by atoms with E-state index in [4.69, 9.17) is 9.47 Å². The van der Waals surface area contributed by atoms with Crippen LogP contribution in [0.1, 0.15) is 19.8 Å². The zero-order valence-corrected chi connectivity index (χ0v) is 12.0. The van der Waals surface area contributed by atoms with Crippen LogP contribution in [0.3, 0.4) is 0 Å². The minimum Gasteiger partial charge on any atom is -0.487 e. The fraction of sp³-hybridized carbons (Fsp3) is 0.571. The average Bonchev–Trinajstić information content (AvgIpc) is 2.48. The lowest BCUT2D eigenvalue weighted by Gasteiger charge is -2.37. The Kier molecular flexibility index (Phi) is 4.98. The molecule has 1 saturated heterocycles. The Labute approximate surface area is 123 Å². The van der Waals surface area contributed by atoms with Gasteiger partial charge in [-0.2, -0.15) is 0 Å². The van der Waals surface area contributed by atoms with Crippen molar-refractivity contribution < 1.29 is 19.5 Å². The van der Waals surface area contributed by atoms with Gasteiger partial charge in [-0.25, -0.2) is 0 Å². The molecule has 1 aromatic carbocycles. The molecule has 1 fully saturated rings. The quantitative estimate of drug-likeness (QED) is 0.615. The molecule has 0 saturated carbocycles. The maximum atomic E-state index is 11.0. The van der Waals surface area contributed by atoms with Crippen LogP contribution in [-0.4, -0.2) is 42.0 Å². The Bertz CT molecular complexity index is 500. The van der Waals surface area contributed by atoms with Gasteiger partial charge in [0.05, 0.1) is 23.7 Å². The van der Waals surface area contributed by atoms with Gasteiger partial charge in [-0.1, -0.05) is 0 Å². The Morgan fingerprint density at radius 3 is 2.76 bits per heavy atom. The van der Waals surface area contributed by atoms with E-state index < -0.39 is 10.5 Å². The second-order valence-corrected chi connectivity index (χ2v) is 5.05. The molecule has 1 aromatic rings. The molecular formula is C14H20N2O5. The molecule has 1 aliphatic rings. The van der Waals surface area contributed by atoms with Crippen LogP contribution in [0.5, 0.6) is 5.75 Å². The molecule has 0 spiro atoms. The van der Waals surface area contributed by atoms with E-state index in [1.165, 1.54) is 6.07 Å². The number of anilines is 1. The number of hydrogen-bond donors (Lipinski definition) is 2. The molecule has 7 nitrogen and oxygen atoms in total. The normalized spacial score (nSPS) is 17.2. The smallest absolute Gasteiger partial charge is 0.311 e. The van der Waals surface area contributed by atoms with Gasteiger partial charge >= 0.3 is 5.69 Å². The molecule has 0 bridgehead atoms. The van der Waals surface area contributed by atoms with Crippen molar-refractivity contribution in [3.8, 4) is 5.75 Å². The molecule has 7 heteroatoms. The van der Waals surface area contributed by atoms with Crippen molar-refractivity contribution >= 4 is 11.4 Å². The van der Waals surface area contributed by atoms with E-state index in [0.29, 0.717) is 38.3 Å². The minimum absolute atomic E-state index is 0.0166. The van der Waals surface area contributed by atoms with E-state index in [2.05, 4.69) is 5.32 Å². The van der Waals surface area contributed by atoms with Gasteiger partial charge in [0.2, 0.25) is 0 Å².